The van der Waals surface area contributed by atoms with Gasteiger partial charge in [0.25, 0.3) is 0 Å². The number of amides is 3. The Balaban J connectivity index is 3.01. The number of nitrogens with zero attached hydrogens (tertiary/aromatic N) is 1. The first kappa shape index (κ1) is 29.3. The van der Waals surface area contributed by atoms with Crippen LogP contribution in [0, 0.1) is 11.8 Å². The van der Waals surface area contributed by atoms with Gasteiger partial charge in [-0.1, -0.05) is 40.0 Å². The van der Waals surface area contributed by atoms with E-state index in [1.807, 2.05) is 27.7 Å². The molecule has 6 unspecified atom stereocenters. The molecule has 0 aromatic rings. The van der Waals surface area contributed by atoms with E-state index in [2.05, 4.69) is 29.4 Å². The molecule has 0 bridgehead atoms. The van der Waals surface area contributed by atoms with Gasteiger partial charge in [-0.3, -0.25) is 19.3 Å². The molecule has 0 aliphatic carbocycles. The van der Waals surface area contributed by atoms with E-state index in [9.17, 15) is 19.5 Å². The number of aliphatic hydroxyl groups excluding tert-OH is 1. The lowest BCUT2D eigenvalue weighted by molar-refractivity contribution is -0.133. The van der Waals surface area contributed by atoms with Crippen LogP contribution in [0.25, 0.3) is 0 Å². The largest absolute Gasteiger partial charge is 0.390 e. The van der Waals surface area contributed by atoms with Crippen LogP contribution in [0.4, 0.5) is 0 Å². The number of likely N-dealkylation sites (tertiary alicyclic amines) is 1. The van der Waals surface area contributed by atoms with Crippen molar-refractivity contribution in [1.82, 2.24) is 15.5 Å². The summed E-state index contributed by atoms with van der Waals surface area (Å²) in [6, 6.07) is -1.91. The molecule has 9 nitrogen and oxygen atoms in total. The highest BCUT2D eigenvalue weighted by Crippen LogP contribution is 2.33. The van der Waals surface area contributed by atoms with Gasteiger partial charge in [0.15, 0.2) is 0 Å². The van der Waals surface area contributed by atoms with E-state index in [4.69, 9.17) is 11.5 Å². The number of nitrogens with two attached hydrogens (primary N) is 2. The van der Waals surface area contributed by atoms with Gasteiger partial charge in [-0.05, 0) is 45.4 Å². The lowest BCUT2D eigenvalue weighted by atomic mass is 9.78. The fraction of sp³-hybridized carbons (Fsp3) is 0.875. The van der Waals surface area contributed by atoms with Crippen LogP contribution in [0.5, 0.6) is 0 Å². The summed E-state index contributed by atoms with van der Waals surface area (Å²) < 4.78 is 0. The SMILES string of the molecule is CCCC(NC(=O)C(N)CC(N)=O)C(O)CN1CC(CC)C(CC)CC1C(=O)NC(C)(C)C. The van der Waals surface area contributed by atoms with Crippen molar-refractivity contribution < 1.29 is 19.5 Å². The van der Waals surface area contributed by atoms with Crippen LogP contribution in [0.1, 0.15) is 80.1 Å². The molecule has 0 radical (unpaired) electrons. The maximum Gasteiger partial charge on any atom is 0.237 e. The molecule has 0 aromatic heterocycles. The third-order valence-electron chi connectivity index (χ3n) is 6.52. The molecule has 192 valence electrons. The van der Waals surface area contributed by atoms with Gasteiger partial charge in [0, 0.05) is 18.6 Å². The maximum atomic E-state index is 13.2. The second kappa shape index (κ2) is 13.2. The van der Waals surface area contributed by atoms with Gasteiger partial charge >= 0.3 is 0 Å². The molecule has 0 spiro atoms. The Hall–Kier alpha value is -1.71. The standard InChI is InChI=1S/C24H47N5O4/c1-7-10-18(27-22(32)17(25)12-21(26)31)20(30)14-29-13-16(9-3)15(8-2)11-19(29)23(33)28-24(4,5)6/h15-20,30H,7-14,25H2,1-6H3,(H2,26,31)(H,27,32)(H,28,33). The predicted octanol–water partition coefficient (Wildman–Crippen LogP) is 0.876. The number of piperidine rings is 1. The summed E-state index contributed by atoms with van der Waals surface area (Å²) in [6.07, 6.45) is 2.94. The van der Waals surface area contributed by atoms with Crippen LogP contribution >= 0.6 is 0 Å². The van der Waals surface area contributed by atoms with Crippen molar-refractivity contribution in [2.45, 2.75) is 110 Å². The highest BCUT2D eigenvalue weighted by Gasteiger charge is 2.40. The molecule has 1 aliphatic rings. The van der Waals surface area contributed by atoms with Crippen LogP contribution in [0.15, 0.2) is 0 Å². The molecule has 1 saturated heterocycles. The van der Waals surface area contributed by atoms with Crippen molar-refractivity contribution in [2.24, 2.45) is 23.3 Å². The smallest absolute Gasteiger partial charge is 0.237 e. The summed E-state index contributed by atoms with van der Waals surface area (Å²) in [4.78, 5) is 38.8. The van der Waals surface area contributed by atoms with Crippen molar-refractivity contribution >= 4 is 17.7 Å². The molecule has 1 heterocycles. The van der Waals surface area contributed by atoms with Gasteiger partial charge < -0.3 is 27.2 Å². The molecule has 33 heavy (non-hydrogen) atoms. The second-order valence-corrected chi connectivity index (χ2v) is 10.5. The van der Waals surface area contributed by atoms with Crippen LogP contribution in [0.2, 0.25) is 0 Å². The Morgan fingerprint density at radius 1 is 1.12 bits per heavy atom. The van der Waals surface area contributed by atoms with Gasteiger partial charge in [-0.25, -0.2) is 0 Å². The third kappa shape index (κ3) is 9.59. The molecule has 9 heteroatoms. The van der Waals surface area contributed by atoms with E-state index in [1.165, 1.54) is 0 Å². The zero-order chi connectivity index (χ0) is 25.3. The number of aliphatic hydroxyl groups is 1. The molecular formula is C24H47N5O4. The first-order valence-corrected chi connectivity index (χ1v) is 12.4. The van der Waals surface area contributed by atoms with Crippen LogP contribution < -0.4 is 22.1 Å². The normalized spacial score (nSPS) is 24.5. The molecule has 1 aliphatic heterocycles. The summed E-state index contributed by atoms with van der Waals surface area (Å²) in [7, 11) is 0. The molecule has 7 N–H and O–H groups in total. The highest BCUT2D eigenvalue weighted by atomic mass is 16.3. The quantitative estimate of drug-likeness (QED) is 0.286. The minimum absolute atomic E-state index is 0.0257. The second-order valence-electron chi connectivity index (χ2n) is 10.5. The fourth-order valence-electron chi connectivity index (χ4n) is 4.73. The maximum absolute atomic E-state index is 13.2. The highest BCUT2D eigenvalue weighted by molar-refractivity contribution is 5.87. The third-order valence-corrected chi connectivity index (χ3v) is 6.52. The zero-order valence-corrected chi connectivity index (χ0v) is 21.4. The predicted molar refractivity (Wildman–Crippen MR) is 130 cm³/mol. The number of carbonyl (C=O) groups is 3. The van der Waals surface area contributed by atoms with Crippen molar-refractivity contribution in [2.75, 3.05) is 13.1 Å². The van der Waals surface area contributed by atoms with E-state index >= 15 is 0 Å². The molecule has 1 rings (SSSR count). The molecule has 1 fully saturated rings. The number of hydrogen-bond donors (Lipinski definition) is 5. The number of nitrogens with one attached hydrogen (secondary N) is 2. The van der Waals surface area contributed by atoms with Gasteiger partial charge in [0.05, 0.1) is 30.7 Å². The number of carbonyl (C=O) groups excluding carboxylic acids is 3. The topological polar surface area (TPSA) is 151 Å². The van der Waals surface area contributed by atoms with Crippen molar-refractivity contribution in [3.63, 3.8) is 0 Å². The van der Waals surface area contributed by atoms with E-state index < -0.39 is 30.0 Å². The minimum atomic E-state index is -1.05. The molecule has 6 atom stereocenters. The van der Waals surface area contributed by atoms with E-state index in [-0.39, 0.29) is 30.5 Å². The van der Waals surface area contributed by atoms with Crippen molar-refractivity contribution in [1.29, 1.82) is 0 Å². The average molecular weight is 470 g/mol. The lowest BCUT2D eigenvalue weighted by Crippen LogP contribution is -2.60. The number of β-amino-alcohol motifs (C(OH)–C–C–N with tert-alkyl or cyclic N) is 1. The summed E-state index contributed by atoms with van der Waals surface area (Å²) in [5, 5.41) is 17.0. The van der Waals surface area contributed by atoms with Gasteiger partial charge in [0.1, 0.15) is 0 Å². The Labute approximate surface area is 199 Å². The van der Waals surface area contributed by atoms with Gasteiger partial charge in [-0.2, -0.15) is 0 Å². The Morgan fingerprint density at radius 3 is 2.21 bits per heavy atom. The number of hydrogen-bond acceptors (Lipinski definition) is 6. The first-order valence-electron chi connectivity index (χ1n) is 12.4. The summed E-state index contributed by atoms with van der Waals surface area (Å²) in [6.45, 7) is 13.2. The fourth-order valence-corrected chi connectivity index (χ4v) is 4.73. The number of rotatable bonds is 12. The van der Waals surface area contributed by atoms with E-state index in [0.29, 0.717) is 18.3 Å². The van der Waals surface area contributed by atoms with Gasteiger partial charge in [0.2, 0.25) is 17.7 Å². The van der Waals surface area contributed by atoms with Crippen LogP contribution in [0.3, 0.4) is 0 Å². The molecular weight excluding hydrogens is 422 g/mol. The summed E-state index contributed by atoms with van der Waals surface area (Å²) in [5.41, 5.74) is 10.6. The van der Waals surface area contributed by atoms with Crippen molar-refractivity contribution in [3.05, 3.63) is 0 Å². The molecule has 0 aromatic carbocycles. The zero-order valence-electron chi connectivity index (χ0n) is 21.4. The van der Waals surface area contributed by atoms with Gasteiger partial charge in [-0.15, -0.1) is 0 Å². The monoisotopic (exact) mass is 469 g/mol. The Morgan fingerprint density at radius 2 is 1.73 bits per heavy atom. The van der Waals surface area contributed by atoms with E-state index in [1.54, 1.807) is 0 Å². The Kier molecular flexibility index (Phi) is 11.8. The first-order chi connectivity index (χ1) is 15.3. The number of primary amides is 1. The van der Waals surface area contributed by atoms with E-state index in [0.717, 1.165) is 32.2 Å². The molecule has 3 amide bonds. The van der Waals surface area contributed by atoms with Crippen LogP contribution in [-0.2, 0) is 14.4 Å². The average Bonchev–Trinajstić information content (AvgIpc) is 2.70. The summed E-state index contributed by atoms with van der Waals surface area (Å²) >= 11 is 0. The minimum Gasteiger partial charge on any atom is -0.390 e. The van der Waals surface area contributed by atoms with Crippen LogP contribution in [-0.4, -0.2) is 70.6 Å². The summed E-state index contributed by atoms with van der Waals surface area (Å²) in [5.74, 6) is -0.282. The molecule has 0 saturated carbocycles. The lowest BCUT2D eigenvalue weighted by Gasteiger charge is -2.45. The Bertz CT molecular complexity index is 651. The van der Waals surface area contributed by atoms with Crippen molar-refractivity contribution in [3.8, 4) is 0 Å².